The summed E-state index contributed by atoms with van der Waals surface area (Å²) in [6.07, 6.45) is -3.40. The Morgan fingerprint density at radius 3 is 2.30 bits per heavy atom. The standard InChI is InChI=1S/C16H16F3N/c1-2-12-6-3-4-7-13(12)11-20-15-9-5-8-14(10-15)16(17,18)19/h3-10,20H,2,11H2,1H3. The van der Waals surface area contributed by atoms with Crippen molar-refractivity contribution in [2.45, 2.75) is 26.1 Å². The van der Waals surface area contributed by atoms with Gasteiger partial charge in [-0.2, -0.15) is 13.2 Å². The Morgan fingerprint density at radius 1 is 0.950 bits per heavy atom. The van der Waals surface area contributed by atoms with Crippen LogP contribution >= 0.6 is 0 Å². The first-order chi connectivity index (χ1) is 9.50. The molecule has 0 atom stereocenters. The van der Waals surface area contributed by atoms with Crippen molar-refractivity contribution >= 4 is 5.69 Å². The van der Waals surface area contributed by atoms with Crippen LogP contribution in [-0.4, -0.2) is 0 Å². The van der Waals surface area contributed by atoms with Crippen LogP contribution in [0.2, 0.25) is 0 Å². The van der Waals surface area contributed by atoms with E-state index in [1.165, 1.54) is 11.6 Å². The number of nitrogens with one attached hydrogen (secondary N) is 1. The molecule has 0 aliphatic rings. The monoisotopic (exact) mass is 279 g/mol. The van der Waals surface area contributed by atoms with Crippen molar-refractivity contribution in [1.29, 1.82) is 0 Å². The minimum atomic E-state index is -4.31. The van der Waals surface area contributed by atoms with Gasteiger partial charge in [0, 0.05) is 12.2 Å². The molecule has 2 aromatic rings. The Hall–Kier alpha value is -1.97. The van der Waals surface area contributed by atoms with E-state index in [1.54, 1.807) is 6.07 Å². The highest BCUT2D eigenvalue weighted by Gasteiger charge is 2.30. The van der Waals surface area contributed by atoms with Crippen molar-refractivity contribution in [3.05, 3.63) is 65.2 Å². The van der Waals surface area contributed by atoms with E-state index in [9.17, 15) is 13.2 Å². The van der Waals surface area contributed by atoms with E-state index < -0.39 is 11.7 Å². The van der Waals surface area contributed by atoms with Gasteiger partial charge in [0.05, 0.1) is 5.56 Å². The summed E-state index contributed by atoms with van der Waals surface area (Å²) in [7, 11) is 0. The van der Waals surface area contributed by atoms with E-state index in [0.717, 1.165) is 24.1 Å². The topological polar surface area (TPSA) is 12.0 Å². The van der Waals surface area contributed by atoms with Crippen LogP contribution in [0.5, 0.6) is 0 Å². The van der Waals surface area contributed by atoms with Crippen LogP contribution in [0.25, 0.3) is 0 Å². The molecule has 0 heterocycles. The van der Waals surface area contributed by atoms with E-state index >= 15 is 0 Å². The third-order valence-electron chi connectivity index (χ3n) is 3.17. The Labute approximate surface area is 116 Å². The maximum absolute atomic E-state index is 12.6. The fourth-order valence-electron chi connectivity index (χ4n) is 2.08. The van der Waals surface area contributed by atoms with Crippen molar-refractivity contribution in [2.24, 2.45) is 0 Å². The van der Waals surface area contributed by atoms with Crippen LogP contribution in [-0.2, 0) is 19.1 Å². The van der Waals surface area contributed by atoms with E-state index in [2.05, 4.69) is 12.2 Å². The van der Waals surface area contributed by atoms with Gasteiger partial charge in [-0.15, -0.1) is 0 Å². The Morgan fingerprint density at radius 2 is 1.65 bits per heavy atom. The molecular weight excluding hydrogens is 263 g/mol. The second kappa shape index (κ2) is 5.99. The van der Waals surface area contributed by atoms with Gasteiger partial charge < -0.3 is 5.32 Å². The fraction of sp³-hybridized carbons (Fsp3) is 0.250. The SMILES string of the molecule is CCc1ccccc1CNc1cccc(C(F)(F)F)c1. The molecule has 2 aromatic carbocycles. The zero-order valence-electron chi connectivity index (χ0n) is 11.2. The van der Waals surface area contributed by atoms with Crippen LogP contribution in [0.15, 0.2) is 48.5 Å². The quantitative estimate of drug-likeness (QED) is 0.841. The van der Waals surface area contributed by atoms with E-state index in [4.69, 9.17) is 0 Å². The molecule has 1 N–H and O–H groups in total. The van der Waals surface area contributed by atoms with Gasteiger partial charge in [-0.1, -0.05) is 37.3 Å². The molecule has 0 saturated heterocycles. The average molecular weight is 279 g/mol. The first-order valence-corrected chi connectivity index (χ1v) is 6.48. The molecule has 0 bridgehead atoms. The number of hydrogen-bond acceptors (Lipinski definition) is 1. The predicted molar refractivity (Wildman–Crippen MR) is 74.6 cm³/mol. The average Bonchev–Trinajstić information content (AvgIpc) is 2.45. The molecule has 2 rings (SSSR count). The van der Waals surface area contributed by atoms with E-state index in [1.807, 2.05) is 24.3 Å². The molecule has 20 heavy (non-hydrogen) atoms. The molecule has 0 unspecified atom stereocenters. The minimum Gasteiger partial charge on any atom is -0.381 e. The van der Waals surface area contributed by atoms with Crippen molar-refractivity contribution in [1.82, 2.24) is 0 Å². The van der Waals surface area contributed by atoms with Crippen molar-refractivity contribution < 1.29 is 13.2 Å². The molecule has 4 heteroatoms. The first-order valence-electron chi connectivity index (χ1n) is 6.48. The van der Waals surface area contributed by atoms with Gasteiger partial charge in [0.25, 0.3) is 0 Å². The number of aryl methyl sites for hydroxylation is 1. The molecule has 0 aliphatic carbocycles. The zero-order valence-corrected chi connectivity index (χ0v) is 11.2. The number of halogens is 3. The summed E-state index contributed by atoms with van der Waals surface area (Å²) in [5.74, 6) is 0. The molecule has 0 radical (unpaired) electrons. The number of benzene rings is 2. The molecule has 0 saturated carbocycles. The van der Waals surface area contributed by atoms with Crippen LogP contribution < -0.4 is 5.32 Å². The summed E-state index contributed by atoms with van der Waals surface area (Å²) in [6.45, 7) is 2.58. The number of anilines is 1. The number of alkyl halides is 3. The predicted octanol–water partition coefficient (Wildman–Crippen LogP) is 4.88. The lowest BCUT2D eigenvalue weighted by atomic mass is 10.1. The smallest absolute Gasteiger partial charge is 0.381 e. The summed E-state index contributed by atoms with van der Waals surface area (Å²) in [5.41, 5.74) is 2.15. The molecule has 0 amide bonds. The van der Waals surface area contributed by atoms with E-state index in [0.29, 0.717) is 12.2 Å². The molecule has 0 spiro atoms. The highest BCUT2D eigenvalue weighted by molar-refractivity contribution is 5.47. The summed E-state index contributed by atoms with van der Waals surface area (Å²) >= 11 is 0. The third kappa shape index (κ3) is 3.53. The molecular formula is C16H16F3N. The van der Waals surface area contributed by atoms with Gasteiger partial charge in [0.15, 0.2) is 0 Å². The largest absolute Gasteiger partial charge is 0.416 e. The maximum Gasteiger partial charge on any atom is 0.416 e. The van der Waals surface area contributed by atoms with Gasteiger partial charge in [0.1, 0.15) is 0 Å². The van der Waals surface area contributed by atoms with E-state index in [-0.39, 0.29) is 0 Å². The second-order valence-corrected chi connectivity index (χ2v) is 4.55. The van der Waals surface area contributed by atoms with Crippen molar-refractivity contribution in [3.63, 3.8) is 0 Å². The fourth-order valence-corrected chi connectivity index (χ4v) is 2.08. The second-order valence-electron chi connectivity index (χ2n) is 4.55. The van der Waals surface area contributed by atoms with Gasteiger partial charge in [-0.05, 0) is 35.7 Å². The van der Waals surface area contributed by atoms with Gasteiger partial charge >= 0.3 is 6.18 Å². The molecule has 0 aliphatic heterocycles. The molecule has 106 valence electrons. The minimum absolute atomic E-state index is 0.478. The maximum atomic E-state index is 12.6. The van der Waals surface area contributed by atoms with Crippen LogP contribution in [0.1, 0.15) is 23.6 Å². The highest BCUT2D eigenvalue weighted by Crippen LogP contribution is 2.30. The van der Waals surface area contributed by atoms with Crippen LogP contribution in [0, 0.1) is 0 Å². The normalized spacial score (nSPS) is 11.4. The van der Waals surface area contributed by atoms with Gasteiger partial charge in [-0.25, -0.2) is 0 Å². The van der Waals surface area contributed by atoms with Crippen LogP contribution in [0.4, 0.5) is 18.9 Å². The molecule has 0 fully saturated rings. The zero-order chi connectivity index (χ0) is 14.6. The lowest BCUT2D eigenvalue weighted by molar-refractivity contribution is -0.137. The van der Waals surface area contributed by atoms with Gasteiger partial charge in [-0.3, -0.25) is 0 Å². The Balaban J connectivity index is 2.11. The Kier molecular flexibility index (Phi) is 4.32. The summed E-state index contributed by atoms with van der Waals surface area (Å²) in [5, 5.41) is 3.05. The van der Waals surface area contributed by atoms with Gasteiger partial charge in [0.2, 0.25) is 0 Å². The summed E-state index contributed by atoms with van der Waals surface area (Å²) < 4.78 is 37.9. The lowest BCUT2D eigenvalue weighted by Crippen LogP contribution is -2.07. The van der Waals surface area contributed by atoms with Crippen molar-refractivity contribution in [2.75, 3.05) is 5.32 Å². The van der Waals surface area contributed by atoms with Crippen molar-refractivity contribution in [3.8, 4) is 0 Å². The summed E-state index contributed by atoms with van der Waals surface area (Å²) in [6, 6.07) is 13.2. The number of hydrogen-bond donors (Lipinski definition) is 1. The molecule has 1 nitrogen and oxygen atoms in total. The highest BCUT2D eigenvalue weighted by atomic mass is 19.4. The lowest BCUT2D eigenvalue weighted by Gasteiger charge is -2.12. The number of rotatable bonds is 4. The molecule has 0 aromatic heterocycles. The van der Waals surface area contributed by atoms with Crippen LogP contribution in [0.3, 0.4) is 0 Å². The summed E-state index contributed by atoms with van der Waals surface area (Å²) in [4.78, 5) is 0. The Bertz CT molecular complexity index is 576. The third-order valence-corrected chi connectivity index (χ3v) is 3.17. The first kappa shape index (κ1) is 14.4.